The number of benzene rings is 1. The van der Waals surface area contributed by atoms with Gasteiger partial charge in [0.15, 0.2) is 4.77 Å². The molecular weight excluding hydrogens is 374 g/mol. The van der Waals surface area contributed by atoms with Crippen molar-refractivity contribution >= 4 is 18.1 Å². The Bertz CT molecular complexity index is 900. The molecule has 4 rings (SSSR count). The van der Waals surface area contributed by atoms with Crippen LogP contribution in [-0.2, 0) is 42.1 Å². The molecule has 0 spiro atoms. The summed E-state index contributed by atoms with van der Waals surface area (Å²) in [4.78, 5) is 13.6. The van der Waals surface area contributed by atoms with Crippen molar-refractivity contribution in [3.63, 3.8) is 0 Å². The fraction of sp³-hybridized carbons (Fsp3) is 0.550. The highest BCUT2D eigenvalue weighted by Crippen LogP contribution is 2.20. The van der Waals surface area contributed by atoms with Gasteiger partial charge in [0.05, 0.1) is 19.3 Å². The SMILES string of the molecule is NC(=O)CCc1nn(CN2CCc3ccccc3C2)c(=S)n1CC1CCCO1. The molecule has 0 bridgehead atoms. The van der Waals surface area contributed by atoms with E-state index in [1.807, 2.05) is 9.25 Å². The second-order valence-electron chi connectivity index (χ2n) is 7.62. The maximum Gasteiger partial charge on any atom is 0.217 e. The third kappa shape index (κ3) is 4.34. The molecule has 2 aliphatic heterocycles. The van der Waals surface area contributed by atoms with E-state index in [1.54, 1.807) is 0 Å². The van der Waals surface area contributed by atoms with Gasteiger partial charge in [0.1, 0.15) is 5.82 Å². The average Bonchev–Trinajstić information content (AvgIpc) is 3.30. The molecule has 150 valence electrons. The summed E-state index contributed by atoms with van der Waals surface area (Å²) in [5.41, 5.74) is 8.14. The average molecular weight is 402 g/mol. The molecule has 28 heavy (non-hydrogen) atoms. The molecule has 7 nitrogen and oxygen atoms in total. The molecule has 1 aromatic heterocycles. The zero-order chi connectivity index (χ0) is 19.5. The Kier molecular flexibility index (Phi) is 5.89. The van der Waals surface area contributed by atoms with Gasteiger partial charge in [0.2, 0.25) is 5.91 Å². The number of aryl methyl sites for hydroxylation is 1. The number of carbonyl (C=O) groups excluding carboxylic acids is 1. The number of nitrogens with two attached hydrogens (primary N) is 1. The number of rotatable bonds is 7. The van der Waals surface area contributed by atoms with Crippen LogP contribution in [0.15, 0.2) is 24.3 Å². The maximum absolute atomic E-state index is 11.3. The molecule has 1 unspecified atom stereocenters. The lowest BCUT2D eigenvalue weighted by atomic mass is 10.0. The quantitative estimate of drug-likeness (QED) is 0.718. The lowest BCUT2D eigenvalue weighted by molar-refractivity contribution is -0.118. The Morgan fingerprint density at radius 3 is 2.89 bits per heavy atom. The van der Waals surface area contributed by atoms with E-state index < -0.39 is 0 Å². The van der Waals surface area contributed by atoms with E-state index in [2.05, 4.69) is 29.2 Å². The van der Waals surface area contributed by atoms with E-state index in [9.17, 15) is 4.79 Å². The Labute approximate surface area is 170 Å². The number of ether oxygens (including phenoxy) is 1. The van der Waals surface area contributed by atoms with Crippen LogP contribution in [0, 0.1) is 4.77 Å². The summed E-state index contributed by atoms with van der Waals surface area (Å²) in [5, 5.41) is 4.74. The molecule has 0 radical (unpaired) electrons. The van der Waals surface area contributed by atoms with E-state index in [4.69, 9.17) is 27.8 Å². The molecule has 1 fully saturated rings. The molecule has 2 aliphatic rings. The Hall–Kier alpha value is -2.03. The van der Waals surface area contributed by atoms with E-state index in [0.717, 1.165) is 44.8 Å². The molecular formula is C20H27N5O2S. The fourth-order valence-corrected chi connectivity index (χ4v) is 4.32. The van der Waals surface area contributed by atoms with Crippen molar-refractivity contribution in [1.82, 2.24) is 19.2 Å². The van der Waals surface area contributed by atoms with Gasteiger partial charge in [-0.2, -0.15) is 5.10 Å². The van der Waals surface area contributed by atoms with Gasteiger partial charge in [-0.3, -0.25) is 9.69 Å². The van der Waals surface area contributed by atoms with Crippen LogP contribution in [-0.4, -0.2) is 44.4 Å². The molecule has 2 aromatic rings. The summed E-state index contributed by atoms with van der Waals surface area (Å²) < 4.78 is 10.4. The van der Waals surface area contributed by atoms with E-state index in [1.165, 1.54) is 11.1 Å². The zero-order valence-corrected chi connectivity index (χ0v) is 16.9. The van der Waals surface area contributed by atoms with Crippen molar-refractivity contribution in [2.75, 3.05) is 13.2 Å². The zero-order valence-electron chi connectivity index (χ0n) is 16.0. The Balaban J connectivity index is 1.53. The number of hydrogen-bond acceptors (Lipinski definition) is 5. The van der Waals surface area contributed by atoms with Gasteiger partial charge < -0.3 is 15.0 Å². The minimum absolute atomic E-state index is 0.165. The first kappa shape index (κ1) is 19.3. The van der Waals surface area contributed by atoms with Crippen molar-refractivity contribution < 1.29 is 9.53 Å². The van der Waals surface area contributed by atoms with Crippen LogP contribution in [0.1, 0.15) is 36.2 Å². The molecule has 8 heteroatoms. The van der Waals surface area contributed by atoms with Crippen LogP contribution >= 0.6 is 12.2 Å². The first-order chi connectivity index (χ1) is 13.6. The van der Waals surface area contributed by atoms with Gasteiger partial charge in [0.25, 0.3) is 0 Å². The summed E-state index contributed by atoms with van der Waals surface area (Å²) in [5.74, 6) is 0.494. The smallest absolute Gasteiger partial charge is 0.217 e. The third-order valence-electron chi connectivity index (χ3n) is 5.55. The van der Waals surface area contributed by atoms with Gasteiger partial charge >= 0.3 is 0 Å². The Morgan fingerprint density at radius 2 is 2.14 bits per heavy atom. The van der Waals surface area contributed by atoms with Crippen LogP contribution in [0.4, 0.5) is 0 Å². The number of primary amides is 1. The first-order valence-electron chi connectivity index (χ1n) is 9.95. The van der Waals surface area contributed by atoms with Gasteiger partial charge in [-0.25, -0.2) is 4.68 Å². The van der Waals surface area contributed by atoms with Crippen molar-refractivity contribution in [2.24, 2.45) is 5.73 Å². The minimum atomic E-state index is -0.322. The van der Waals surface area contributed by atoms with Gasteiger partial charge in [-0.15, -0.1) is 0 Å². The highest BCUT2D eigenvalue weighted by molar-refractivity contribution is 7.71. The van der Waals surface area contributed by atoms with Crippen molar-refractivity contribution in [3.05, 3.63) is 46.0 Å². The minimum Gasteiger partial charge on any atom is -0.376 e. The molecule has 0 saturated carbocycles. The number of aromatic nitrogens is 3. The second kappa shape index (κ2) is 8.55. The lowest BCUT2D eigenvalue weighted by Crippen LogP contribution is -2.32. The number of hydrogen-bond donors (Lipinski definition) is 1. The van der Waals surface area contributed by atoms with E-state index >= 15 is 0 Å². The third-order valence-corrected chi connectivity index (χ3v) is 5.98. The highest BCUT2D eigenvalue weighted by atomic mass is 32.1. The number of amides is 1. The predicted molar refractivity (Wildman–Crippen MR) is 108 cm³/mol. The molecule has 1 saturated heterocycles. The largest absolute Gasteiger partial charge is 0.376 e. The van der Waals surface area contributed by atoms with Crippen molar-refractivity contribution in [3.8, 4) is 0 Å². The number of fused-ring (bicyclic) bond motifs is 1. The summed E-state index contributed by atoms with van der Waals surface area (Å²) in [6.07, 6.45) is 4.09. The van der Waals surface area contributed by atoms with Gasteiger partial charge in [-0.1, -0.05) is 24.3 Å². The monoisotopic (exact) mass is 401 g/mol. The molecule has 0 aliphatic carbocycles. The van der Waals surface area contributed by atoms with Crippen LogP contribution in [0.25, 0.3) is 0 Å². The van der Waals surface area contributed by atoms with Gasteiger partial charge in [0, 0.05) is 32.5 Å². The molecule has 1 amide bonds. The second-order valence-corrected chi connectivity index (χ2v) is 7.99. The normalized spacial score (nSPS) is 19.6. The summed E-state index contributed by atoms with van der Waals surface area (Å²) in [6, 6.07) is 8.58. The highest BCUT2D eigenvalue weighted by Gasteiger charge is 2.22. The van der Waals surface area contributed by atoms with Crippen LogP contribution in [0.3, 0.4) is 0 Å². The van der Waals surface area contributed by atoms with Crippen LogP contribution in [0.2, 0.25) is 0 Å². The van der Waals surface area contributed by atoms with Crippen LogP contribution < -0.4 is 5.73 Å². The molecule has 1 aromatic carbocycles. The maximum atomic E-state index is 11.3. The Morgan fingerprint density at radius 1 is 1.32 bits per heavy atom. The first-order valence-corrected chi connectivity index (χ1v) is 10.4. The standard InChI is InChI=1S/C20H27N5O2S/c21-18(26)7-8-19-22-25(20(28)24(19)13-17-6-3-11-27-17)14-23-10-9-15-4-1-2-5-16(15)12-23/h1-2,4-5,17H,3,6-14H2,(H2,21,26). The molecule has 1 atom stereocenters. The summed E-state index contributed by atoms with van der Waals surface area (Å²) >= 11 is 5.74. The van der Waals surface area contributed by atoms with Crippen LogP contribution in [0.5, 0.6) is 0 Å². The van der Waals surface area contributed by atoms with Crippen molar-refractivity contribution in [2.45, 2.75) is 58.0 Å². The fourth-order valence-electron chi connectivity index (χ4n) is 4.04. The molecule has 2 N–H and O–H groups in total. The topological polar surface area (TPSA) is 78.3 Å². The van der Waals surface area contributed by atoms with Crippen molar-refractivity contribution in [1.29, 1.82) is 0 Å². The summed E-state index contributed by atoms with van der Waals surface area (Å²) in [7, 11) is 0. The molecule has 3 heterocycles. The summed E-state index contributed by atoms with van der Waals surface area (Å²) in [6.45, 7) is 4.02. The predicted octanol–water partition coefficient (Wildman–Crippen LogP) is 2.03. The lowest BCUT2D eigenvalue weighted by Gasteiger charge is -2.28. The van der Waals surface area contributed by atoms with E-state index in [0.29, 0.717) is 24.4 Å². The van der Waals surface area contributed by atoms with E-state index in [-0.39, 0.29) is 18.4 Å². The van der Waals surface area contributed by atoms with Gasteiger partial charge in [-0.05, 0) is 42.6 Å². The number of nitrogens with zero attached hydrogens (tertiary/aromatic N) is 4. The number of carbonyl (C=O) groups is 1.